The van der Waals surface area contributed by atoms with E-state index < -0.39 is 0 Å². The molecule has 0 aliphatic carbocycles. The number of aromatic amines is 1. The summed E-state index contributed by atoms with van der Waals surface area (Å²) in [6.45, 7) is 4.38. The van der Waals surface area contributed by atoms with E-state index in [1.807, 2.05) is 0 Å². The van der Waals surface area contributed by atoms with Gasteiger partial charge in [-0.25, -0.2) is 0 Å². The molecule has 0 bridgehead atoms. The maximum atomic E-state index is 11.1. The van der Waals surface area contributed by atoms with Crippen molar-refractivity contribution in [2.45, 2.75) is 20.3 Å². The molecule has 120 valence electrons. The molecule has 0 saturated heterocycles. The molecule has 3 heteroatoms. The molecule has 0 aliphatic heterocycles. The first-order valence-corrected chi connectivity index (χ1v) is 8.31. The van der Waals surface area contributed by atoms with Gasteiger partial charge >= 0.3 is 0 Å². The molecule has 3 nitrogen and oxygen atoms in total. The van der Waals surface area contributed by atoms with Crippen LogP contribution in [0.25, 0.3) is 32.6 Å². The van der Waals surface area contributed by atoms with Gasteiger partial charge in [-0.1, -0.05) is 48.5 Å². The molecule has 2 N–H and O–H groups in total. The fourth-order valence-electron chi connectivity index (χ4n) is 3.54. The molecular formula is C21H20N2O. The lowest BCUT2D eigenvalue weighted by atomic mass is 10.0. The van der Waals surface area contributed by atoms with Gasteiger partial charge in [-0.15, -0.1) is 0 Å². The fraction of sp³-hybridized carbons (Fsp3) is 0.190. The average Bonchev–Trinajstić information content (AvgIpc) is 2.96. The third-order valence-electron chi connectivity index (χ3n) is 4.81. The minimum absolute atomic E-state index is 0.0193. The van der Waals surface area contributed by atoms with Crippen molar-refractivity contribution in [1.82, 2.24) is 10.3 Å². The molecule has 4 aromatic rings. The van der Waals surface area contributed by atoms with Gasteiger partial charge in [0.05, 0.1) is 5.52 Å². The van der Waals surface area contributed by atoms with Crippen LogP contribution in [0, 0.1) is 6.92 Å². The summed E-state index contributed by atoms with van der Waals surface area (Å²) in [4.78, 5) is 14.7. The third-order valence-corrected chi connectivity index (χ3v) is 4.81. The summed E-state index contributed by atoms with van der Waals surface area (Å²) in [6.07, 6.45) is 0.845. The van der Waals surface area contributed by atoms with Crippen molar-refractivity contribution in [3.8, 4) is 0 Å². The van der Waals surface area contributed by atoms with Crippen LogP contribution in [0.3, 0.4) is 0 Å². The van der Waals surface area contributed by atoms with E-state index in [-0.39, 0.29) is 5.91 Å². The van der Waals surface area contributed by atoms with Gasteiger partial charge in [0.1, 0.15) is 0 Å². The largest absolute Gasteiger partial charge is 0.356 e. The van der Waals surface area contributed by atoms with E-state index >= 15 is 0 Å². The van der Waals surface area contributed by atoms with E-state index in [0.717, 1.165) is 6.42 Å². The maximum Gasteiger partial charge on any atom is 0.216 e. The second-order valence-electron chi connectivity index (χ2n) is 6.34. The van der Waals surface area contributed by atoms with Crippen LogP contribution in [0.4, 0.5) is 0 Å². The van der Waals surface area contributed by atoms with Gasteiger partial charge in [0.25, 0.3) is 0 Å². The monoisotopic (exact) mass is 316 g/mol. The second kappa shape index (κ2) is 5.68. The van der Waals surface area contributed by atoms with Crippen LogP contribution < -0.4 is 5.32 Å². The highest BCUT2D eigenvalue weighted by Crippen LogP contribution is 2.33. The Labute approximate surface area is 140 Å². The Hall–Kier alpha value is -2.81. The molecule has 3 aromatic carbocycles. The van der Waals surface area contributed by atoms with Crippen molar-refractivity contribution in [3.63, 3.8) is 0 Å². The van der Waals surface area contributed by atoms with Gasteiger partial charge in [0, 0.05) is 35.1 Å². The number of carbonyl (C=O) groups is 1. The molecule has 0 unspecified atom stereocenters. The molecule has 1 aromatic heterocycles. The molecule has 1 amide bonds. The van der Waals surface area contributed by atoms with Crippen molar-refractivity contribution in [3.05, 3.63) is 59.7 Å². The molecule has 0 aliphatic rings. The smallest absolute Gasteiger partial charge is 0.216 e. The van der Waals surface area contributed by atoms with Gasteiger partial charge in [0.15, 0.2) is 0 Å². The zero-order valence-corrected chi connectivity index (χ0v) is 13.9. The first kappa shape index (κ1) is 14.8. The Morgan fingerprint density at radius 3 is 2.54 bits per heavy atom. The van der Waals surface area contributed by atoms with Crippen molar-refractivity contribution in [1.29, 1.82) is 0 Å². The van der Waals surface area contributed by atoms with E-state index in [0.29, 0.717) is 6.54 Å². The van der Waals surface area contributed by atoms with E-state index in [1.54, 1.807) is 6.92 Å². The number of amides is 1. The van der Waals surface area contributed by atoms with Crippen LogP contribution in [0.1, 0.15) is 18.1 Å². The summed E-state index contributed by atoms with van der Waals surface area (Å²) < 4.78 is 0. The number of H-pyrrole nitrogens is 1. The highest BCUT2D eigenvalue weighted by Gasteiger charge is 2.11. The normalized spacial score (nSPS) is 11.4. The number of carbonyl (C=O) groups excluding carboxylic acids is 1. The molecule has 0 spiro atoms. The molecule has 4 rings (SSSR count). The minimum Gasteiger partial charge on any atom is -0.356 e. The summed E-state index contributed by atoms with van der Waals surface area (Å²) in [6, 6.07) is 17.2. The number of nitrogens with one attached hydrogen (secondary N) is 2. The van der Waals surface area contributed by atoms with Crippen LogP contribution in [0.15, 0.2) is 48.5 Å². The maximum absolute atomic E-state index is 11.1. The number of rotatable bonds is 3. The lowest BCUT2D eigenvalue weighted by Crippen LogP contribution is -2.22. The van der Waals surface area contributed by atoms with E-state index in [1.165, 1.54) is 43.7 Å². The van der Waals surface area contributed by atoms with Gasteiger partial charge in [-0.3, -0.25) is 4.79 Å². The molecular weight excluding hydrogens is 296 g/mol. The molecule has 0 saturated carbocycles. The standard InChI is InChI=1S/C21H20N2O/c1-13-15(11-12-22-14(2)24)7-9-18-19-10-8-16-5-3-4-6-17(16)21(19)23-20(13)18/h3-10,23H,11-12H2,1-2H3,(H,22,24). The van der Waals surface area contributed by atoms with Crippen LogP contribution >= 0.6 is 0 Å². The van der Waals surface area contributed by atoms with E-state index in [2.05, 4.69) is 65.8 Å². The molecule has 0 fully saturated rings. The fourth-order valence-corrected chi connectivity index (χ4v) is 3.54. The minimum atomic E-state index is 0.0193. The van der Waals surface area contributed by atoms with E-state index in [4.69, 9.17) is 0 Å². The number of benzene rings is 3. The Balaban J connectivity index is 1.87. The summed E-state index contributed by atoms with van der Waals surface area (Å²) >= 11 is 0. The summed E-state index contributed by atoms with van der Waals surface area (Å²) in [7, 11) is 0. The van der Waals surface area contributed by atoms with Crippen molar-refractivity contribution >= 4 is 38.5 Å². The number of aromatic nitrogens is 1. The number of hydrogen-bond donors (Lipinski definition) is 2. The lowest BCUT2D eigenvalue weighted by molar-refractivity contribution is -0.118. The molecule has 0 radical (unpaired) electrons. The molecule has 0 atom stereocenters. The Morgan fingerprint density at radius 2 is 1.71 bits per heavy atom. The number of hydrogen-bond acceptors (Lipinski definition) is 1. The van der Waals surface area contributed by atoms with Crippen LogP contribution in [0.5, 0.6) is 0 Å². The van der Waals surface area contributed by atoms with Crippen LogP contribution in [0.2, 0.25) is 0 Å². The first-order chi connectivity index (χ1) is 11.6. The van der Waals surface area contributed by atoms with E-state index in [9.17, 15) is 4.79 Å². The predicted molar refractivity (Wildman–Crippen MR) is 100 cm³/mol. The zero-order valence-electron chi connectivity index (χ0n) is 13.9. The SMILES string of the molecule is CC(=O)NCCc1ccc2c([nH]c3c4ccccc4ccc23)c1C. The zero-order chi connectivity index (χ0) is 16.7. The van der Waals surface area contributed by atoms with Crippen LogP contribution in [-0.4, -0.2) is 17.4 Å². The highest BCUT2D eigenvalue weighted by molar-refractivity contribution is 6.17. The third kappa shape index (κ3) is 2.33. The van der Waals surface area contributed by atoms with Crippen LogP contribution in [-0.2, 0) is 11.2 Å². The quantitative estimate of drug-likeness (QED) is 0.576. The number of fused-ring (bicyclic) bond motifs is 5. The van der Waals surface area contributed by atoms with Gasteiger partial charge in [-0.05, 0) is 29.9 Å². The Kier molecular flexibility index (Phi) is 3.49. The van der Waals surface area contributed by atoms with Crippen molar-refractivity contribution in [2.75, 3.05) is 6.54 Å². The topological polar surface area (TPSA) is 44.9 Å². The predicted octanol–water partition coefficient (Wildman–Crippen LogP) is 4.46. The average molecular weight is 316 g/mol. The first-order valence-electron chi connectivity index (χ1n) is 8.31. The van der Waals surface area contributed by atoms with Gasteiger partial charge in [0.2, 0.25) is 5.91 Å². The summed E-state index contributed by atoms with van der Waals surface area (Å²) in [5, 5.41) is 7.90. The lowest BCUT2D eigenvalue weighted by Gasteiger charge is -2.07. The second-order valence-corrected chi connectivity index (χ2v) is 6.34. The van der Waals surface area contributed by atoms with Crippen molar-refractivity contribution in [2.24, 2.45) is 0 Å². The summed E-state index contributed by atoms with van der Waals surface area (Å²) in [5.41, 5.74) is 4.93. The van der Waals surface area contributed by atoms with Gasteiger partial charge in [-0.2, -0.15) is 0 Å². The Bertz CT molecular complexity index is 1080. The summed E-state index contributed by atoms with van der Waals surface area (Å²) in [5.74, 6) is 0.0193. The van der Waals surface area contributed by atoms with Gasteiger partial charge < -0.3 is 10.3 Å². The molecule has 24 heavy (non-hydrogen) atoms. The highest BCUT2D eigenvalue weighted by atomic mass is 16.1. The molecule has 1 heterocycles. The van der Waals surface area contributed by atoms with Crippen molar-refractivity contribution < 1.29 is 4.79 Å². The number of aryl methyl sites for hydroxylation is 1. The Morgan fingerprint density at radius 1 is 0.958 bits per heavy atom.